The van der Waals surface area contributed by atoms with Gasteiger partial charge in [-0.2, -0.15) is 0 Å². The van der Waals surface area contributed by atoms with Crippen LogP contribution >= 0.6 is 11.6 Å². The van der Waals surface area contributed by atoms with Crippen LogP contribution in [0.25, 0.3) is 0 Å². The number of hydrogen-bond donors (Lipinski definition) is 0. The minimum absolute atomic E-state index is 0.0888. The summed E-state index contributed by atoms with van der Waals surface area (Å²) in [7, 11) is 0. The van der Waals surface area contributed by atoms with Gasteiger partial charge >= 0.3 is 5.97 Å². The Bertz CT molecular complexity index is 644. The average molecular weight is 393 g/mol. The molecule has 148 valence electrons. The second-order valence-corrected chi connectivity index (χ2v) is 8.55. The molecule has 0 amide bonds. The van der Waals surface area contributed by atoms with E-state index in [2.05, 4.69) is 6.58 Å². The number of carbonyl (C=O) groups is 1. The fourth-order valence-corrected chi connectivity index (χ4v) is 4.95. The molecule has 1 aromatic carbocycles. The summed E-state index contributed by atoms with van der Waals surface area (Å²) in [4.78, 5) is 11.8. The number of ether oxygens (including phenoxy) is 1. The molecule has 0 radical (unpaired) electrons. The van der Waals surface area contributed by atoms with E-state index in [0.717, 1.165) is 55.9 Å². The zero-order valence-electron chi connectivity index (χ0n) is 16.0. The quantitative estimate of drug-likeness (QED) is 0.392. The highest BCUT2D eigenvalue weighted by Gasteiger charge is 2.32. The molecule has 0 heterocycles. The molecule has 4 heteroatoms. The molecular formula is C23H30ClFO2. The van der Waals surface area contributed by atoms with E-state index in [1.54, 1.807) is 18.2 Å². The van der Waals surface area contributed by atoms with Crippen LogP contribution in [0, 0.1) is 17.7 Å². The first-order chi connectivity index (χ1) is 13.1. The summed E-state index contributed by atoms with van der Waals surface area (Å²) in [6.45, 7) is 3.64. The predicted octanol–water partition coefficient (Wildman–Crippen LogP) is 6.82. The van der Waals surface area contributed by atoms with Crippen molar-refractivity contribution in [2.45, 2.75) is 76.2 Å². The summed E-state index contributed by atoms with van der Waals surface area (Å²) < 4.78 is 19.3. The Morgan fingerprint density at radius 1 is 1.11 bits per heavy atom. The molecule has 2 aliphatic rings. The highest BCUT2D eigenvalue weighted by Crippen LogP contribution is 2.43. The third kappa shape index (κ3) is 5.57. The van der Waals surface area contributed by atoms with Crippen molar-refractivity contribution in [3.63, 3.8) is 0 Å². The van der Waals surface area contributed by atoms with Gasteiger partial charge in [-0.3, -0.25) is 4.79 Å². The van der Waals surface area contributed by atoms with E-state index in [1.165, 1.54) is 12.8 Å². The number of halogens is 2. The van der Waals surface area contributed by atoms with E-state index in [4.69, 9.17) is 16.3 Å². The molecule has 1 aromatic rings. The molecule has 0 spiro atoms. The fraction of sp³-hybridized carbons (Fsp3) is 0.609. The topological polar surface area (TPSA) is 26.3 Å². The van der Waals surface area contributed by atoms with Crippen molar-refractivity contribution >= 4 is 17.6 Å². The van der Waals surface area contributed by atoms with Gasteiger partial charge in [0, 0.05) is 6.42 Å². The van der Waals surface area contributed by atoms with Crippen molar-refractivity contribution < 1.29 is 13.9 Å². The first-order valence-electron chi connectivity index (χ1n) is 10.3. The molecular weight excluding hydrogens is 363 g/mol. The second kappa shape index (κ2) is 9.73. The number of rotatable bonds is 6. The van der Waals surface area contributed by atoms with Gasteiger partial charge in [-0.25, -0.2) is 4.39 Å². The van der Waals surface area contributed by atoms with Gasteiger partial charge < -0.3 is 4.74 Å². The Morgan fingerprint density at radius 2 is 1.74 bits per heavy atom. The normalized spacial score (nSPS) is 28.5. The summed E-state index contributed by atoms with van der Waals surface area (Å²) in [6, 6.07) is 5.26. The van der Waals surface area contributed by atoms with Crippen LogP contribution in [-0.4, -0.2) is 12.1 Å². The first kappa shape index (κ1) is 20.4. The Hall–Kier alpha value is -1.35. The van der Waals surface area contributed by atoms with E-state index >= 15 is 0 Å². The fourth-order valence-electron chi connectivity index (χ4n) is 4.83. The standard InChI is InChI=1S/C23H30ClFO2/c1-2-3-4-23(26)27-20-12-9-17(10-13-20)16-5-7-18(8-6-16)19-11-14-21(24)22(25)15-19/h2,11,14-18,20H,1,3-10,12-13H2/t16-,17?,18-,20?. The zero-order valence-corrected chi connectivity index (χ0v) is 16.7. The van der Waals surface area contributed by atoms with E-state index in [9.17, 15) is 9.18 Å². The van der Waals surface area contributed by atoms with E-state index < -0.39 is 0 Å². The number of carbonyl (C=O) groups excluding carboxylic acids is 1. The van der Waals surface area contributed by atoms with Crippen molar-refractivity contribution in [2.24, 2.45) is 11.8 Å². The molecule has 0 bridgehead atoms. The van der Waals surface area contributed by atoms with Crippen LogP contribution in [0.1, 0.15) is 75.7 Å². The molecule has 2 nitrogen and oxygen atoms in total. The molecule has 0 saturated heterocycles. The Balaban J connectivity index is 1.42. The lowest BCUT2D eigenvalue weighted by atomic mass is 9.69. The van der Waals surface area contributed by atoms with Crippen LogP contribution in [0.2, 0.25) is 5.02 Å². The van der Waals surface area contributed by atoms with Crippen LogP contribution < -0.4 is 0 Å². The van der Waals surface area contributed by atoms with Gasteiger partial charge in [-0.1, -0.05) is 23.7 Å². The minimum Gasteiger partial charge on any atom is -0.462 e. The molecule has 0 unspecified atom stereocenters. The van der Waals surface area contributed by atoms with Gasteiger partial charge in [-0.15, -0.1) is 6.58 Å². The van der Waals surface area contributed by atoms with Gasteiger partial charge in [0.2, 0.25) is 0 Å². The average Bonchev–Trinajstić information content (AvgIpc) is 2.69. The monoisotopic (exact) mass is 392 g/mol. The molecule has 0 aliphatic heterocycles. The third-order valence-electron chi connectivity index (χ3n) is 6.42. The van der Waals surface area contributed by atoms with E-state index in [-0.39, 0.29) is 22.9 Å². The molecule has 2 saturated carbocycles. The lowest BCUT2D eigenvalue weighted by Crippen LogP contribution is -2.29. The molecule has 0 N–H and O–H groups in total. The van der Waals surface area contributed by atoms with Gasteiger partial charge in [0.15, 0.2) is 0 Å². The molecule has 0 aromatic heterocycles. The number of allylic oxidation sites excluding steroid dienone is 1. The lowest BCUT2D eigenvalue weighted by molar-refractivity contribution is -0.151. The van der Waals surface area contributed by atoms with Gasteiger partial charge in [0.25, 0.3) is 0 Å². The van der Waals surface area contributed by atoms with Crippen molar-refractivity contribution in [1.82, 2.24) is 0 Å². The Labute approximate surface area is 167 Å². The van der Waals surface area contributed by atoms with Crippen molar-refractivity contribution in [2.75, 3.05) is 0 Å². The van der Waals surface area contributed by atoms with Gasteiger partial charge in [-0.05, 0) is 93.2 Å². The maximum Gasteiger partial charge on any atom is 0.306 e. The summed E-state index contributed by atoms with van der Waals surface area (Å²) in [6.07, 6.45) is 12.0. The van der Waals surface area contributed by atoms with E-state index in [1.807, 2.05) is 6.07 Å². The van der Waals surface area contributed by atoms with Crippen LogP contribution in [0.5, 0.6) is 0 Å². The maximum atomic E-state index is 13.7. The summed E-state index contributed by atoms with van der Waals surface area (Å²) >= 11 is 5.80. The highest BCUT2D eigenvalue weighted by atomic mass is 35.5. The van der Waals surface area contributed by atoms with Crippen molar-refractivity contribution in [1.29, 1.82) is 0 Å². The lowest BCUT2D eigenvalue weighted by Gasteiger charge is -2.37. The summed E-state index contributed by atoms with van der Waals surface area (Å²) in [5, 5.41) is 0.203. The number of hydrogen-bond acceptors (Lipinski definition) is 2. The zero-order chi connectivity index (χ0) is 19.2. The van der Waals surface area contributed by atoms with Crippen LogP contribution in [0.3, 0.4) is 0 Å². The molecule has 2 aliphatic carbocycles. The number of esters is 1. The first-order valence-corrected chi connectivity index (χ1v) is 10.7. The smallest absolute Gasteiger partial charge is 0.306 e. The summed E-state index contributed by atoms with van der Waals surface area (Å²) in [5.41, 5.74) is 1.09. The SMILES string of the molecule is C=CCCC(=O)OC1CCC([C@H]2CC[C@H](c3ccc(Cl)c(F)c3)CC2)CC1. The van der Waals surface area contributed by atoms with Crippen LogP contribution in [-0.2, 0) is 9.53 Å². The van der Waals surface area contributed by atoms with Gasteiger partial charge in [0.1, 0.15) is 11.9 Å². The summed E-state index contributed by atoms with van der Waals surface area (Å²) in [5.74, 6) is 1.56. The van der Waals surface area contributed by atoms with E-state index in [0.29, 0.717) is 18.8 Å². The minimum atomic E-state index is -0.308. The molecule has 2 fully saturated rings. The largest absolute Gasteiger partial charge is 0.462 e. The van der Waals surface area contributed by atoms with Crippen LogP contribution in [0.15, 0.2) is 30.9 Å². The molecule has 0 atom stereocenters. The predicted molar refractivity (Wildman–Crippen MR) is 107 cm³/mol. The highest BCUT2D eigenvalue weighted by molar-refractivity contribution is 6.30. The molecule has 3 rings (SSSR count). The van der Waals surface area contributed by atoms with Gasteiger partial charge in [0.05, 0.1) is 5.02 Å². The molecule has 27 heavy (non-hydrogen) atoms. The van der Waals surface area contributed by atoms with Crippen LogP contribution in [0.4, 0.5) is 4.39 Å². The van der Waals surface area contributed by atoms with Crippen molar-refractivity contribution in [3.8, 4) is 0 Å². The Kier molecular flexibility index (Phi) is 7.34. The second-order valence-electron chi connectivity index (χ2n) is 8.14. The number of benzene rings is 1. The third-order valence-corrected chi connectivity index (χ3v) is 6.73. The van der Waals surface area contributed by atoms with Crippen molar-refractivity contribution in [3.05, 3.63) is 47.3 Å². The maximum absolute atomic E-state index is 13.7. The Morgan fingerprint density at radius 3 is 2.33 bits per heavy atom.